The minimum atomic E-state index is -0.876. The van der Waals surface area contributed by atoms with E-state index >= 15 is 0 Å². The van der Waals surface area contributed by atoms with Crippen LogP contribution < -0.4 is 0 Å². The predicted octanol–water partition coefficient (Wildman–Crippen LogP) is 12.1. The number of allylic oxidation sites excluding steroid dienone is 4. The molecule has 0 amide bonds. The van der Waals surface area contributed by atoms with Crippen molar-refractivity contribution in [2.45, 2.75) is 212 Å². The average molecular weight is 765 g/mol. The minimum absolute atomic E-state index is 0.0543. The molecular formula is C46H86NO7+. The number of carbonyl (C=O) groups excluding carboxylic acids is 2. The summed E-state index contributed by atoms with van der Waals surface area (Å²) in [4.78, 5) is 36.9. The number of aliphatic carboxylic acids is 1. The second-order valence-corrected chi connectivity index (χ2v) is 16.3. The summed E-state index contributed by atoms with van der Waals surface area (Å²) in [5.41, 5.74) is 0. The Labute approximate surface area is 332 Å². The van der Waals surface area contributed by atoms with Crippen LogP contribution in [0.25, 0.3) is 0 Å². The van der Waals surface area contributed by atoms with Gasteiger partial charge >= 0.3 is 17.9 Å². The van der Waals surface area contributed by atoms with E-state index in [1.807, 2.05) is 21.1 Å². The van der Waals surface area contributed by atoms with Gasteiger partial charge in [0.15, 0.2) is 12.1 Å². The van der Waals surface area contributed by atoms with Crippen molar-refractivity contribution in [1.82, 2.24) is 0 Å². The molecule has 0 saturated carbocycles. The van der Waals surface area contributed by atoms with Crippen molar-refractivity contribution in [3.05, 3.63) is 24.3 Å². The van der Waals surface area contributed by atoms with E-state index in [2.05, 4.69) is 38.2 Å². The summed E-state index contributed by atoms with van der Waals surface area (Å²) in [5, 5.41) is 9.61. The molecule has 2 unspecified atom stereocenters. The van der Waals surface area contributed by atoms with Gasteiger partial charge in [0.2, 0.25) is 0 Å². The lowest BCUT2D eigenvalue weighted by molar-refractivity contribution is -0.887. The molecule has 316 valence electrons. The molecule has 0 rings (SSSR count). The third-order valence-corrected chi connectivity index (χ3v) is 10.1. The summed E-state index contributed by atoms with van der Waals surface area (Å²) >= 11 is 0. The van der Waals surface area contributed by atoms with Gasteiger partial charge in [-0.05, 0) is 64.2 Å². The minimum Gasteiger partial charge on any atom is -0.477 e. The van der Waals surface area contributed by atoms with Gasteiger partial charge in [-0.3, -0.25) is 9.59 Å². The van der Waals surface area contributed by atoms with Crippen molar-refractivity contribution in [1.29, 1.82) is 0 Å². The first-order chi connectivity index (χ1) is 26.1. The van der Waals surface area contributed by atoms with Gasteiger partial charge in [-0.1, -0.05) is 141 Å². The molecule has 0 aliphatic heterocycles. The number of hydrogen-bond donors (Lipinski definition) is 1. The molecule has 1 N–H and O–H groups in total. The van der Waals surface area contributed by atoms with Crippen LogP contribution in [0.2, 0.25) is 0 Å². The summed E-state index contributed by atoms with van der Waals surface area (Å²) in [6.07, 6.45) is 40.7. The van der Waals surface area contributed by atoms with Gasteiger partial charge in [0, 0.05) is 19.3 Å². The van der Waals surface area contributed by atoms with Crippen molar-refractivity contribution >= 4 is 17.9 Å². The van der Waals surface area contributed by atoms with Crippen LogP contribution in [0.15, 0.2) is 24.3 Å². The summed E-state index contributed by atoms with van der Waals surface area (Å²) in [5.74, 6) is -1.48. The van der Waals surface area contributed by atoms with Gasteiger partial charge in [0.1, 0.15) is 6.61 Å². The highest BCUT2D eigenvalue weighted by Gasteiger charge is 2.31. The standard InChI is InChI=1S/C46H85NO7/c1-6-8-10-12-14-16-18-20-21-22-23-25-27-29-31-33-35-37-45(49)54-42(40-52-39-38-43(46(50)51)47(3,4)5)41-53-44(48)36-34-32-30-28-26-24-19-17-15-13-11-9-7-2/h17,19-21,42-43H,6-16,18,22-41H2,1-5H3/p+1/b19-17-,21-20-. The Balaban J connectivity index is 4.34. The first kappa shape index (κ1) is 51.8. The van der Waals surface area contributed by atoms with Crippen LogP contribution in [0, 0.1) is 0 Å². The molecule has 8 nitrogen and oxygen atoms in total. The zero-order valence-electron chi connectivity index (χ0n) is 35.9. The fraction of sp³-hybridized carbons (Fsp3) is 0.848. The summed E-state index contributed by atoms with van der Waals surface area (Å²) in [6, 6.07) is -0.614. The lowest BCUT2D eigenvalue weighted by Gasteiger charge is -2.31. The van der Waals surface area contributed by atoms with Crippen LogP contribution in [0.4, 0.5) is 0 Å². The monoisotopic (exact) mass is 765 g/mol. The molecule has 54 heavy (non-hydrogen) atoms. The highest BCUT2D eigenvalue weighted by Crippen LogP contribution is 2.14. The fourth-order valence-electron chi connectivity index (χ4n) is 6.55. The van der Waals surface area contributed by atoms with Crippen molar-refractivity contribution in [2.24, 2.45) is 0 Å². The molecular weight excluding hydrogens is 679 g/mol. The Kier molecular flexibility index (Phi) is 36.2. The van der Waals surface area contributed by atoms with Crippen molar-refractivity contribution in [3.8, 4) is 0 Å². The highest BCUT2D eigenvalue weighted by atomic mass is 16.6. The van der Waals surface area contributed by atoms with E-state index in [0.717, 1.165) is 44.9 Å². The zero-order valence-corrected chi connectivity index (χ0v) is 35.9. The number of unbranched alkanes of at least 4 members (excludes halogenated alkanes) is 22. The first-order valence-corrected chi connectivity index (χ1v) is 22.4. The number of nitrogens with zero attached hydrogens (tertiary/aromatic N) is 1. The average Bonchev–Trinajstić information content (AvgIpc) is 3.12. The number of carboxylic acids is 1. The Morgan fingerprint density at radius 2 is 0.926 bits per heavy atom. The van der Waals surface area contributed by atoms with Gasteiger partial charge in [-0.25, -0.2) is 4.79 Å². The zero-order chi connectivity index (χ0) is 40.0. The molecule has 0 aromatic rings. The number of likely N-dealkylation sites (N-methyl/N-ethyl adjacent to an activating group) is 1. The number of carbonyl (C=O) groups is 3. The Bertz CT molecular complexity index is 942. The van der Waals surface area contributed by atoms with Gasteiger partial charge in [0.25, 0.3) is 0 Å². The van der Waals surface area contributed by atoms with Gasteiger partial charge in [0.05, 0.1) is 34.4 Å². The molecule has 2 atom stereocenters. The summed E-state index contributed by atoms with van der Waals surface area (Å²) in [6.45, 7) is 4.71. The van der Waals surface area contributed by atoms with E-state index in [4.69, 9.17) is 14.2 Å². The van der Waals surface area contributed by atoms with Crippen LogP contribution in [0.5, 0.6) is 0 Å². The third-order valence-electron chi connectivity index (χ3n) is 10.1. The van der Waals surface area contributed by atoms with Crippen LogP contribution in [-0.4, -0.2) is 80.6 Å². The van der Waals surface area contributed by atoms with E-state index in [1.54, 1.807) is 0 Å². The van der Waals surface area contributed by atoms with E-state index in [0.29, 0.717) is 19.3 Å². The SMILES string of the molecule is CCCCCC/C=C\CCCCCCCC(=O)OCC(COCCC(C(=O)O)[N+](C)(C)C)OC(=O)CCCCCCCCC/C=C\CCCCCCCC. The molecule has 0 aromatic heterocycles. The molecule has 0 spiro atoms. The van der Waals surface area contributed by atoms with Gasteiger partial charge < -0.3 is 23.8 Å². The first-order valence-electron chi connectivity index (χ1n) is 22.4. The van der Waals surface area contributed by atoms with Crippen LogP contribution >= 0.6 is 0 Å². The molecule has 8 heteroatoms. The van der Waals surface area contributed by atoms with Crippen molar-refractivity contribution in [2.75, 3.05) is 41.0 Å². The quantitative estimate of drug-likeness (QED) is 0.0287. The molecule has 0 fully saturated rings. The molecule has 0 aromatic carbocycles. The van der Waals surface area contributed by atoms with Gasteiger partial charge in [-0.2, -0.15) is 0 Å². The van der Waals surface area contributed by atoms with Crippen LogP contribution in [0.1, 0.15) is 200 Å². The largest absolute Gasteiger partial charge is 0.477 e. The van der Waals surface area contributed by atoms with E-state index in [1.165, 1.54) is 122 Å². The Morgan fingerprint density at radius 1 is 0.537 bits per heavy atom. The number of carboxylic acid groups (broad SMARTS) is 1. The summed E-state index contributed by atoms with van der Waals surface area (Å²) in [7, 11) is 5.53. The van der Waals surface area contributed by atoms with Crippen LogP contribution in [0.3, 0.4) is 0 Å². The van der Waals surface area contributed by atoms with E-state index in [9.17, 15) is 19.5 Å². The predicted molar refractivity (Wildman–Crippen MR) is 225 cm³/mol. The lowest BCUT2D eigenvalue weighted by atomic mass is 10.1. The highest BCUT2D eigenvalue weighted by molar-refractivity contribution is 5.72. The van der Waals surface area contributed by atoms with Crippen LogP contribution in [-0.2, 0) is 28.6 Å². The Morgan fingerprint density at radius 3 is 1.35 bits per heavy atom. The lowest BCUT2D eigenvalue weighted by Crippen LogP contribution is -2.50. The maximum atomic E-state index is 12.7. The molecule has 0 aliphatic carbocycles. The maximum absolute atomic E-state index is 12.7. The number of rotatable bonds is 40. The van der Waals surface area contributed by atoms with Crippen molar-refractivity contribution in [3.63, 3.8) is 0 Å². The van der Waals surface area contributed by atoms with Gasteiger partial charge in [-0.15, -0.1) is 0 Å². The third kappa shape index (κ3) is 35.5. The molecule has 0 aliphatic rings. The second-order valence-electron chi connectivity index (χ2n) is 16.3. The topological polar surface area (TPSA) is 99.1 Å². The number of hydrogen-bond acceptors (Lipinski definition) is 6. The van der Waals surface area contributed by atoms with E-state index < -0.39 is 18.1 Å². The fourth-order valence-corrected chi connectivity index (χ4v) is 6.55. The molecule has 0 radical (unpaired) electrons. The number of quaternary nitrogens is 1. The smallest absolute Gasteiger partial charge is 0.362 e. The molecule has 0 bridgehead atoms. The molecule has 0 saturated heterocycles. The van der Waals surface area contributed by atoms with Crippen molar-refractivity contribution < 1.29 is 38.2 Å². The van der Waals surface area contributed by atoms with E-state index in [-0.39, 0.29) is 36.2 Å². The second kappa shape index (κ2) is 37.7. The summed E-state index contributed by atoms with van der Waals surface area (Å²) < 4.78 is 17.3. The Hall–Kier alpha value is -2.19. The molecule has 0 heterocycles. The number of esters is 2. The maximum Gasteiger partial charge on any atom is 0.362 e. The number of ether oxygens (including phenoxy) is 3. The normalized spacial score (nSPS) is 13.1.